The second kappa shape index (κ2) is 16.0. The number of cyclic esters (lactones) is 1. The predicted octanol–water partition coefficient (Wildman–Crippen LogP) is 5.28. The number of hydrogen-bond donors (Lipinski definition) is 3. The van der Waals surface area contributed by atoms with E-state index in [0.717, 1.165) is 18.4 Å². The average Bonchev–Trinajstić information content (AvgIpc) is 3.74. The third-order valence-electron chi connectivity index (χ3n) is 8.85. The maximum atomic E-state index is 12.9. The maximum absolute atomic E-state index is 12.9. The van der Waals surface area contributed by atoms with Gasteiger partial charge in [-0.25, -0.2) is 4.79 Å². The SMILES string of the molecule is CCC(O)C(C)C1OC1CC(C)/C=C/C=C(\C)C1OC(=O)CC(O)CCC(C)(O)C(OC(=O)C2=CC=CCC2)/C=C/C1C. The van der Waals surface area contributed by atoms with Crippen LogP contribution in [0.4, 0.5) is 0 Å². The summed E-state index contributed by atoms with van der Waals surface area (Å²) in [6.45, 7) is 11.5. The van der Waals surface area contributed by atoms with Crippen LogP contribution in [-0.2, 0) is 23.8 Å². The molecule has 240 valence electrons. The Kier molecular flexibility index (Phi) is 13.0. The summed E-state index contributed by atoms with van der Waals surface area (Å²) in [6, 6.07) is 0. The molecule has 0 aromatic carbocycles. The topological polar surface area (TPSA) is 126 Å². The van der Waals surface area contributed by atoms with Crippen LogP contribution < -0.4 is 0 Å². The van der Waals surface area contributed by atoms with Gasteiger partial charge in [0.25, 0.3) is 0 Å². The molecule has 3 N–H and O–H groups in total. The summed E-state index contributed by atoms with van der Waals surface area (Å²) in [5.41, 5.74) is -0.0775. The molecule has 0 saturated carbocycles. The van der Waals surface area contributed by atoms with E-state index in [1.54, 1.807) is 19.1 Å². The molecule has 0 radical (unpaired) electrons. The predicted molar refractivity (Wildman–Crippen MR) is 166 cm³/mol. The molecule has 1 saturated heterocycles. The molecule has 3 rings (SSSR count). The highest BCUT2D eigenvalue weighted by Crippen LogP contribution is 2.36. The molecule has 10 unspecified atom stereocenters. The Labute approximate surface area is 257 Å². The van der Waals surface area contributed by atoms with Crippen molar-refractivity contribution in [1.82, 2.24) is 0 Å². The highest BCUT2D eigenvalue weighted by molar-refractivity contribution is 5.89. The highest BCUT2D eigenvalue weighted by Gasteiger charge is 2.45. The largest absolute Gasteiger partial charge is 0.457 e. The minimum absolute atomic E-state index is 0.0989. The zero-order chi connectivity index (χ0) is 31.7. The highest BCUT2D eigenvalue weighted by atomic mass is 16.6. The molecule has 2 heterocycles. The lowest BCUT2D eigenvalue weighted by molar-refractivity contribution is -0.155. The molecule has 0 spiro atoms. The lowest BCUT2D eigenvalue weighted by Crippen LogP contribution is -2.42. The fourth-order valence-corrected chi connectivity index (χ4v) is 5.75. The van der Waals surface area contributed by atoms with E-state index in [-0.39, 0.29) is 55.3 Å². The fraction of sp³-hybridized carbons (Fsp3) is 0.657. The first-order valence-corrected chi connectivity index (χ1v) is 15.9. The molecule has 8 heteroatoms. The van der Waals surface area contributed by atoms with Crippen LogP contribution in [0.2, 0.25) is 0 Å². The summed E-state index contributed by atoms with van der Waals surface area (Å²) in [6.07, 6.45) is 15.3. The van der Waals surface area contributed by atoms with Crippen molar-refractivity contribution in [3.8, 4) is 0 Å². The van der Waals surface area contributed by atoms with Crippen molar-refractivity contribution in [2.45, 2.75) is 129 Å². The van der Waals surface area contributed by atoms with Crippen LogP contribution in [0.1, 0.15) is 86.5 Å². The van der Waals surface area contributed by atoms with E-state index in [9.17, 15) is 24.9 Å². The molecule has 3 aliphatic rings. The summed E-state index contributed by atoms with van der Waals surface area (Å²) in [5.74, 6) is -0.918. The van der Waals surface area contributed by atoms with E-state index in [2.05, 4.69) is 13.0 Å². The van der Waals surface area contributed by atoms with Gasteiger partial charge in [0.1, 0.15) is 17.8 Å². The number of esters is 2. The minimum Gasteiger partial charge on any atom is -0.457 e. The number of hydrogen-bond acceptors (Lipinski definition) is 8. The van der Waals surface area contributed by atoms with Crippen LogP contribution in [0.25, 0.3) is 0 Å². The quantitative estimate of drug-likeness (QED) is 0.134. The van der Waals surface area contributed by atoms with Gasteiger partial charge in [-0.1, -0.05) is 70.2 Å². The molecule has 8 nitrogen and oxygen atoms in total. The number of carbonyl (C=O) groups excluding carboxylic acids is 2. The normalized spacial score (nSPS) is 35.1. The Morgan fingerprint density at radius 2 is 2.02 bits per heavy atom. The second-order valence-corrected chi connectivity index (χ2v) is 12.9. The molecule has 10 atom stereocenters. The van der Waals surface area contributed by atoms with Crippen LogP contribution >= 0.6 is 0 Å². The second-order valence-electron chi connectivity index (χ2n) is 12.9. The number of ether oxygens (including phenoxy) is 3. The summed E-state index contributed by atoms with van der Waals surface area (Å²) in [5, 5.41) is 31.9. The number of allylic oxidation sites excluding steroid dienone is 6. The zero-order valence-electron chi connectivity index (χ0n) is 26.6. The first-order valence-electron chi connectivity index (χ1n) is 15.9. The average molecular weight is 601 g/mol. The summed E-state index contributed by atoms with van der Waals surface area (Å²) < 4.78 is 17.5. The van der Waals surface area contributed by atoms with Crippen molar-refractivity contribution in [3.63, 3.8) is 0 Å². The van der Waals surface area contributed by atoms with Crippen molar-refractivity contribution in [2.24, 2.45) is 17.8 Å². The third kappa shape index (κ3) is 10.6. The van der Waals surface area contributed by atoms with Crippen molar-refractivity contribution in [2.75, 3.05) is 0 Å². The lowest BCUT2D eigenvalue weighted by atomic mass is 9.88. The van der Waals surface area contributed by atoms with Gasteiger partial charge >= 0.3 is 11.9 Å². The third-order valence-corrected chi connectivity index (χ3v) is 8.85. The summed E-state index contributed by atoms with van der Waals surface area (Å²) >= 11 is 0. The Bertz CT molecular complexity index is 1100. The van der Waals surface area contributed by atoms with Crippen LogP contribution in [0, 0.1) is 17.8 Å². The Hall–Kier alpha value is -2.52. The van der Waals surface area contributed by atoms with E-state index < -0.39 is 35.9 Å². The molecule has 1 aliphatic carbocycles. The van der Waals surface area contributed by atoms with Gasteiger partial charge in [-0.2, -0.15) is 0 Å². The fourth-order valence-electron chi connectivity index (χ4n) is 5.75. The van der Waals surface area contributed by atoms with Crippen LogP contribution in [0.5, 0.6) is 0 Å². The van der Waals surface area contributed by atoms with Crippen molar-refractivity contribution >= 4 is 11.9 Å². The van der Waals surface area contributed by atoms with Crippen molar-refractivity contribution in [3.05, 3.63) is 59.8 Å². The standard InChI is InChI=1S/C35H52O8/c1-7-28(37)25(5)33-29(41-33)20-22(2)12-11-13-23(3)32-24(4)16-17-30(42-34(39)26-14-9-8-10-15-26)35(6,40)19-18-27(36)21-31(38)43-32/h8-9,11-14,16-17,22,24-25,27-30,32-33,36-37,40H,7,10,15,18-21H2,1-6H3/b12-11+,17-16+,23-13+. The maximum Gasteiger partial charge on any atom is 0.334 e. The van der Waals surface area contributed by atoms with E-state index in [1.807, 2.05) is 58.1 Å². The number of aliphatic hydroxyl groups is 3. The van der Waals surface area contributed by atoms with Crippen molar-refractivity contribution < 1.29 is 39.1 Å². The van der Waals surface area contributed by atoms with Crippen LogP contribution in [-0.4, -0.2) is 69.5 Å². The van der Waals surface area contributed by atoms with E-state index in [0.29, 0.717) is 18.4 Å². The lowest BCUT2D eigenvalue weighted by Gasteiger charge is -2.33. The zero-order valence-corrected chi connectivity index (χ0v) is 26.6. The molecule has 0 aromatic rings. The first kappa shape index (κ1) is 35.0. The Morgan fingerprint density at radius 3 is 2.70 bits per heavy atom. The van der Waals surface area contributed by atoms with Gasteiger partial charge in [0.15, 0.2) is 0 Å². The van der Waals surface area contributed by atoms with Gasteiger partial charge in [0.2, 0.25) is 0 Å². The van der Waals surface area contributed by atoms with Crippen LogP contribution in [0.15, 0.2) is 59.8 Å². The first-order chi connectivity index (χ1) is 20.3. The van der Waals surface area contributed by atoms with Gasteiger partial charge in [-0.05, 0) is 69.9 Å². The Morgan fingerprint density at radius 1 is 1.28 bits per heavy atom. The molecule has 0 bridgehead atoms. The molecule has 0 aromatic heterocycles. The van der Waals surface area contributed by atoms with Gasteiger partial charge in [-0.15, -0.1) is 0 Å². The summed E-state index contributed by atoms with van der Waals surface area (Å²) in [7, 11) is 0. The molecular weight excluding hydrogens is 548 g/mol. The number of epoxide rings is 1. The molecule has 2 aliphatic heterocycles. The van der Waals surface area contributed by atoms with Gasteiger partial charge < -0.3 is 29.5 Å². The Balaban J connectivity index is 1.72. The van der Waals surface area contributed by atoms with E-state index in [1.165, 1.54) is 0 Å². The number of carbonyl (C=O) groups is 2. The number of aliphatic hydroxyl groups excluding tert-OH is 2. The molecule has 43 heavy (non-hydrogen) atoms. The molecule has 1 fully saturated rings. The van der Waals surface area contributed by atoms with Crippen LogP contribution in [0.3, 0.4) is 0 Å². The molecule has 0 amide bonds. The monoisotopic (exact) mass is 600 g/mol. The van der Waals surface area contributed by atoms with Gasteiger partial charge in [0, 0.05) is 17.4 Å². The van der Waals surface area contributed by atoms with E-state index in [4.69, 9.17) is 14.2 Å². The number of rotatable bonds is 10. The van der Waals surface area contributed by atoms with Crippen molar-refractivity contribution in [1.29, 1.82) is 0 Å². The smallest absolute Gasteiger partial charge is 0.334 e. The minimum atomic E-state index is -1.45. The summed E-state index contributed by atoms with van der Waals surface area (Å²) in [4.78, 5) is 25.7. The van der Waals surface area contributed by atoms with Gasteiger partial charge in [-0.3, -0.25) is 4.79 Å². The van der Waals surface area contributed by atoms with E-state index >= 15 is 0 Å². The van der Waals surface area contributed by atoms with Gasteiger partial charge in [0.05, 0.1) is 30.8 Å². The molecular formula is C35H52O8.